The van der Waals surface area contributed by atoms with E-state index >= 15 is 0 Å². The van der Waals surface area contributed by atoms with Gasteiger partial charge in [0.25, 0.3) is 5.91 Å². The molecule has 2 aromatic rings. The lowest BCUT2D eigenvalue weighted by Gasteiger charge is -2.39. The number of hydrogen-bond acceptors (Lipinski definition) is 2. The summed E-state index contributed by atoms with van der Waals surface area (Å²) in [7, 11) is 0. The van der Waals surface area contributed by atoms with Crippen molar-refractivity contribution in [3.05, 3.63) is 71.0 Å². The molecule has 1 fully saturated rings. The van der Waals surface area contributed by atoms with Crippen LogP contribution < -0.4 is 0 Å². The van der Waals surface area contributed by atoms with Crippen LogP contribution in [0.3, 0.4) is 0 Å². The van der Waals surface area contributed by atoms with Crippen molar-refractivity contribution in [1.29, 1.82) is 0 Å². The molecule has 1 amide bonds. The smallest absolute Gasteiger partial charge is 0.260 e. The number of carbonyl (C=O) groups is 1. The minimum Gasteiger partial charge on any atom is -0.370 e. The van der Waals surface area contributed by atoms with E-state index in [0.29, 0.717) is 5.56 Å². The molecule has 1 saturated heterocycles. The van der Waals surface area contributed by atoms with Crippen molar-refractivity contribution in [3.8, 4) is 0 Å². The number of rotatable bonds is 4. The Hall–Kier alpha value is -2.34. The molecule has 2 aromatic carbocycles. The molecule has 23 heavy (non-hydrogen) atoms. The first-order valence-electron chi connectivity index (χ1n) is 7.14. The monoisotopic (exact) mass is 321 g/mol. The van der Waals surface area contributed by atoms with Crippen LogP contribution in [-0.2, 0) is 11.3 Å². The number of halogens is 3. The summed E-state index contributed by atoms with van der Waals surface area (Å²) in [5.41, 5.74) is 0.144. The standard InChI is InChI=1S/C17H14F3NO2/c18-12-4-1-3-11(7-12)10-23-13-8-21(9-13)17(22)16-14(19)5-2-6-15(16)20/h1-7,13H,8-10H2. The second-order valence-electron chi connectivity index (χ2n) is 5.37. The maximum Gasteiger partial charge on any atom is 0.260 e. The largest absolute Gasteiger partial charge is 0.370 e. The van der Waals surface area contributed by atoms with Crippen molar-refractivity contribution in [3.63, 3.8) is 0 Å². The highest BCUT2D eigenvalue weighted by Crippen LogP contribution is 2.21. The van der Waals surface area contributed by atoms with Crippen LogP contribution in [0.1, 0.15) is 15.9 Å². The molecule has 1 aliphatic rings. The van der Waals surface area contributed by atoms with Crippen LogP contribution in [0.15, 0.2) is 42.5 Å². The molecule has 0 unspecified atom stereocenters. The summed E-state index contributed by atoms with van der Waals surface area (Å²) >= 11 is 0. The maximum absolute atomic E-state index is 13.6. The Labute approximate surface area is 131 Å². The summed E-state index contributed by atoms with van der Waals surface area (Å²) < 4.78 is 45.7. The Morgan fingerprint density at radius 2 is 1.74 bits per heavy atom. The second kappa shape index (κ2) is 6.42. The zero-order valence-corrected chi connectivity index (χ0v) is 12.1. The number of likely N-dealkylation sites (tertiary alicyclic amines) is 1. The van der Waals surface area contributed by atoms with E-state index in [-0.39, 0.29) is 31.6 Å². The van der Waals surface area contributed by atoms with Crippen LogP contribution in [-0.4, -0.2) is 30.0 Å². The summed E-state index contributed by atoms with van der Waals surface area (Å²) in [6.45, 7) is 0.725. The van der Waals surface area contributed by atoms with Crippen LogP contribution in [0.2, 0.25) is 0 Å². The third-order valence-corrected chi connectivity index (χ3v) is 3.69. The van der Waals surface area contributed by atoms with Gasteiger partial charge in [-0.15, -0.1) is 0 Å². The van der Waals surface area contributed by atoms with E-state index in [2.05, 4.69) is 0 Å². The van der Waals surface area contributed by atoms with Gasteiger partial charge in [0, 0.05) is 13.1 Å². The van der Waals surface area contributed by atoms with Crippen molar-refractivity contribution in [2.24, 2.45) is 0 Å². The molecular weight excluding hydrogens is 307 g/mol. The summed E-state index contributed by atoms with van der Waals surface area (Å²) in [6.07, 6.45) is -0.225. The Balaban J connectivity index is 1.54. The predicted molar refractivity (Wildman–Crippen MR) is 77.2 cm³/mol. The zero-order chi connectivity index (χ0) is 16.4. The van der Waals surface area contributed by atoms with Crippen LogP contribution >= 0.6 is 0 Å². The number of nitrogens with zero attached hydrogens (tertiary/aromatic N) is 1. The molecule has 0 radical (unpaired) electrons. The second-order valence-corrected chi connectivity index (χ2v) is 5.37. The summed E-state index contributed by atoms with van der Waals surface area (Å²) in [5, 5.41) is 0. The fourth-order valence-corrected chi connectivity index (χ4v) is 2.41. The average Bonchev–Trinajstić information content (AvgIpc) is 2.45. The Kier molecular flexibility index (Phi) is 4.34. The first-order chi connectivity index (χ1) is 11.0. The fourth-order valence-electron chi connectivity index (χ4n) is 2.41. The SMILES string of the molecule is O=C(c1c(F)cccc1F)N1CC(OCc2cccc(F)c2)C1. The van der Waals surface area contributed by atoms with Crippen molar-refractivity contribution >= 4 is 5.91 Å². The van der Waals surface area contributed by atoms with Gasteiger partial charge in [0.05, 0.1) is 12.7 Å². The molecule has 0 N–H and O–H groups in total. The fraction of sp³-hybridized carbons (Fsp3) is 0.235. The lowest BCUT2D eigenvalue weighted by atomic mass is 10.1. The number of ether oxygens (including phenoxy) is 1. The van der Waals surface area contributed by atoms with E-state index in [1.54, 1.807) is 12.1 Å². The van der Waals surface area contributed by atoms with Gasteiger partial charge in [-0.2, -0.15) is 0 Å². The molecule has 3 nitrogen and oxygen atoms in total. The summed E-state index contributed by atoms with van der Waals surface area (Å²) in [6, 6.07) is 9.35. The highest BCUT2D eigenvalue weighted by Gasteiger charge is 2.34. The molecule has 3 rings (SSSR count). The first kappa shape index (κ1) is 15.6. The molecule has 1 aliphatic heterocycles. The van der Waals surface area contributed by atoms with E-state index in [1.807, 2.05) is 0 Å². The van der Waals surface area contributed by atoms with E-state index in [1.165, 1.54) is 23.1 Å². The van der Waals surface area contributed by atoms with Gasteiger partial charge >= 0.3 is 0 Å². The predicted octanol–water partition coefficient (Wildman–Crippen LogP) is 3.15. The Bertz CT molecular complexity index is 709. The van der Waals surface area contributed by atoms with Crippen molar-refractivity contribution in [1.82, 2.24) is 4.90 Å². The minimum absolute atomic E-state index is 0.221. The summed E-state index contributed by atoms with van der Waals surface area (Å²) in [5.74, 6) is -2.78. The highest BCUT2D eigenvalue weighted by molar-refractivity contribution is 5.95. The molecule has 0 aliphatic carbocycles. The molecule has 0 bridgehead atoms. The van der Waals surface area contributed by atoms with Crippen molar-refractivity contribution < 1.29 is 22.7 Å². The van der Waals surface area contributed by atoms with Crippen LogP contribution in [0, 0.1) is 17.5 Å². The topological polar surface area (TPSA) is 29.5 Å². The lowest BCUT2D eigenvalue weighted by molar-refractivity contribution is -0.0506. The maximum atomic E-state index is 13.6. The molecule has 0 saturated carbocycles. The van der Waals surface area contributed by atoms with Gasteiger partial charge < -0.3 is 9.64 Å². The normalized spacial score (nSPS) is 14.7. The van der Waals surface area contributed by atoms with Gasteiger partial charge in [-0.3, -0.25) is 4.79 Å². The average molecular weight is 321 g/mol. The zero-order valence-electron chi connectivity index (χ0n) is 12.1. The Morgan fingerprint density at radius 1 is 1.09 bits per heavy atom. The van der Waals surface area contributed by atoms with E-state index in [9.17, 15) is 18.0 Å². The number of carbonyl (C=O) groups excluding carboxylic acids is 1. The lowest BCUT2D eigenvalue weighted by Crippen LogP contribution is -2.55. The molecule has 6 heteroatoms. The van der Waals surface area contributed by atoms with Gasteiger partial charge in [-0.25, -0.2) is 13.2 Å². The third kappa shape index (κ3) is 3.37. The van der Waals surface area contributed by atoms with E-state index < -0.39 is 23.1 Å². The van der Waals surface area contributed by atoms with Crippen molar-refractivity contribution in [2.75, 3.05) is 13.1 Å². The number of amides is 1. The van der Waals surface area contributed by atoms with Crippen LogP contribution in [0.4, 0.5) is 13.2 Å². The summed E-state index contributed by atoms with van der Waals surface area (Å²) in [4.78, 5) is 13.4. The molecule has 1 heterocycles. The first-order valence-corrected chi connectivity index (χ1v) is 7.14. The van der Waals surface area contributed by atoms with Gasteiger partial charge in [0.15, 0.2) is 0 Å². The Morgan fingerprint density at radius 3 is 2.39 bits per heavy atom. The van der Waals surface area contributed by atoms with Gasteiger partial charge in [0.1, 0.15) is 23.0 Å². The van der Waals surface area contributed by atoms with Gasteiger partial charge in [-0.05, 0) is 29.8 Å². The van der Waals surface area contributed by atoms with Crippen LogP contribution in [0.5, 0.6) is 0 Å². The molecule has 0 spiro atoms. The molecule has 0 aromatic heterocycles. The highest BCUT2D eigenvalue weighted by atomic mass is 19.1. The van der Waals surface area contributed by atoms with E-state index in [4.69, 9.17) is 4.74 Å². The van der Waals surface area contributed by atoms with Gasteiger partial charge in [-0.1, -0.05) is 18.2 Å². The van der Waals surface area contributed by atoms with Gasteiger partial charge in [0.2, 0.25) is 0 Å². The third-order valence-electron chi connectivity index (χ3n) is 3.69. The molecule has 120 valence electrons. The number of hydrogen-bond donors (Lipinski definition) is 0. The number of benzene rings is 2. The van der Waals surface area contributed by atoms with Crippen molar-refractivity contribution in [2.45, 2.75) is 12.7 Å². The molecule has 0 atom stereocenters. The van der Waals surface area contributed by atoms with E-state index in [0.717, 1.165) is 12.1 Å². The van der Waals surface area contributed by atoms with Crippen LogP contribution in [0.25, 0.3) is 0 Å². The molecular formula is C17H14F3NO2. The quantitative estimate of drug-likeness (QED) is 0.866. The minimum atomic E-state index is -0.876.